The topological polar surface area (TPSA) is 47.6 Å². The third-order valence-electron chi connectivity index (χ3n) is 6.05. The summed E-state index contributed by atoms with van der Waals surface area (Å²) in [6.07, 6.45) is 0.358. The SMILES string of the molecule is CC(C)(C)S(=O)N[C@@H](Cc1ccccc1F)[C@H]1COC[C@H]1O[Si](C)(C)C(C)(C)C. The van der Waals surface area contributed by atoms with Crippen molar-refractivity contribution >= 4 is 19.3 Å². The Morgan fingerprint density at radius 2 is 1.83 bits per heavy atom. The maximum Gasteiger partial charge on any atom is 0.192 e. The average Bonchev–Trinajstić information content (AvgIpc) is 3.01. The highest BCUT2D eigenvalue weighted by molar-refractivity contribution is 7.84. The molecule has 1 aromatic rings. The van der Waals surface area contributed by atoms with Gasteiger partial charge in [0.15, 0.2) is 8.32 Å². The summed E-state index contributed by atoms with van der Waals surface area (Å²) >= 11 is 0. The van der Waals surface area contributed by atoms with Crippen molar-refractivity contribution in [3.05, 3.63) is 35.6 Å². The van der Waals surface area contributed by atoms with Crippen molar-refractivity contribution in [1.82, 2.24) is 4.72 Å². The van der Waals surface area contributed by atoms with Crippen LogP contribution in [0.3, 0.4) is 0 Å². The minimum atomic E-state index is -1.99. The van der Waals surface area contributed by atoms with Gasteiger partial charge in [-0.2, -0.15) is 0 Å². The van der Waals surface area contributed by atoms with E-state index in [0.717, 1.165) is 0 Å². The van der Waals surface area contributed by atoms with Crippen molar-refractivity contribution in [3.63, 3.8) is 0 Å². The predicted molar refractivity (Wildman–Crippen MR) is 121 cm³/mol. The number of hydrogen-bond donors (Lipinski definition) is 1. The van der Waals surface area contributed by atoms with Gasteiger partial charge < -0.3 is 9.16 Å². The summed E-state index contributed by atoms with van der Waals surface area (Å²) in [7, 11) is -3.27. The zero-order valence-corrected chi connectivity index (χ0v) is 21.0. The molecule has 1 aromatic carbocycles. The van der Waals surface area contributed by atoms with Gasteiger partial charge in [0.2, 0.25) is 0 Å². The maximum absolute atomic E-state index is 14.4. The zero-order valence-electron chi connectivity index (χ0n) is 19.2. The summed E-state index contributed by atoms with van der Waals surface area (Å²) in [4.78, 5) is 0. The predicted octanol–water partition coefficient (Wildman–Crippen LogP) is 4.83. The summed E-state index contributed by atoms with van der Waals surface area (Å²) < 4.78 is 42.6. The second-order valence-electron chi connectivity index (χ2n) is 10.5. The van der Waals surface area contributed by atoms with Crippen LogP contribution in [0.5, 0.6) is 0 Å². The molecule has 2 rings (SSSR count). The van der Waals surface area contributed by atoms with Crippen LogP contribution in [-0.2, 0) is 26.6 Å². The molecular weight excluding hydrogens is 405 g/mol. The van der Waals surface area contributed by atoms with Gasteiger partial charge in [-0.25, -0.2) is 13.3 Å². The number of hydrogen-bond acceptors (Lipinski definition) is 3. The highest BCUT2D eigenvalue weighted by Gasteiger charge is 2.45. The Morgan fingerprint density at radius 1 is 1.21 bits per heavy atom. The van der Waals surface area contributed by atoms with Crippen molar-refractivity contribution in [2.75, 3.05) is 13.2 Å². The minimum Gasteiger partial charge on any atom is -0.411 e. The molecule has 0 saturated carbocycles. The van der Waals surface area contributed by atoms with Crippen LogP contribution < -0.4 is 4.72 Å². The highest BCUT2D eigenvalue weighted by atomic mass is 32.2. The Bertz CT molecular complexity index is 715. The van der Waals surface area contributed by atoms with E-state index >= 15 is 0 Å². The van der Waals surface area contributed by atoms with E-state index < -0.39 is 24.1 Å². The fraction of sp³-hybridized carbons (Fsp3) is 0.727. The van der Waals surface area contributed by atoms with Gasteiger partial charge in [0.1, 0.15) is 5.82 Å². The normalized spacial score (nSPS) is 23.2. The molecule has 29 heavy (non-hydrogen) atoms. The van der Waals surface area contributed by atoms with E-state index in [0.29, 0.717) is 25.2 Å². The molecule has 0 bridgehead atoms. The molecule has 0 spiro atoms. The number of halogens is 1. The van der Waals surface area contributed by atoms with E-state index in [1.165, 1.54) is 6.07 Å². The monoisotopic (exact) mass is 443 g/mol. The summed E-state index contributed by atoms with van der Waals surface area (Å²) in [5.74, 6) is -0.225. The van der Waals surface area contributed by atoms with Crippen LogP contribution in [0, 0.1) is 11.7 Å². The van der Waals surface area contributed by atoms with Crippen LogP contribution in [0.4, 0.5) is 4.39 Å². The van der Waals surface area contributed by atoms with Gasteiger partial charge in [-0.1, -0.05) is 39.0 Å². The van der Waals surface area contributed by atoms with Crippen LogP contribution in [0.1, 0.15) is 47.1 Å². The molecular formula is C22H38FNO3SSi. The van der Waals surface area contributed by atoms with Crippen LogP contribution in [-0.4, -0.2) is 42.6 Å². The maximum atomic E-state index is 14.4. The Labute approximate surface area is 179 Å². The number of benzene rings is 1. The molecule has 1 fully saturated rings. The first kappa shape index (κ1) is 24.7. The van der Waals surface area contributed by atoms with Gasteiger partial charge in [-0.3, -0.25) is 0 Å². The lowest BCUT2D eigenvalue weighted by Crippen LogP contribution is -2.52. The fourth-order valence-electron chi connectivity index (χ4n) is 3.10. The smallest absolute Gasteiger partial charge is 0.192 e. The molecule has 0 aromatic heterocycles. The van der Waals surface area contributed by atoms with E-state index in [9.17, 15) is 8.60 Å². The van der Waals surface area contributed by atoms with Gasteiger partial charge in [-0.05, 0) is 57.0 Å². The number of ether oxygens (including phenoxy) is 1. The van der Waals surface area contributed by atoms with Crippen LogP contribution in [0.15, 0.2) is 24.3 Å². The Balaban J connectivity index is 2.28. The van der Waals surface area contributed by atoms with Gasteiger partial charge in [0, 0.05) is 12.0 Å². The molecule has 1 heterocycles. The molecule has 166 valence electrons. The second kappa shape index (κ2) is 9.26. The average molecular weight is 444 g/mol. The fourth-order valence-corrected chi connectivity index (χ4v) is 5.34. The summed E-state index contributed by atoms with van der Waals surface area (Å²) in [6, 6.07) is 6.59. The molecule has 1 aliphatic heterocycles. The van der Waals surface area contributed by atoms with Crippen molar-refractivity contribution in [2.45, 2.75) is 83.0 Å². The Hall–Kier alpha value is -0.603. The summed E-state index contributed by atoms with van der Waals surface area (Å²) in [5.41, 5.74) is 0.619. The molecule has 1 saturated heterocycles. The Morgan fingerprint density at radius 3 is 2.38 bits per heavy atom. The summed E-state index contributed by atoms with van der Waals surface area (Å²) in [6.45, 7) is 18.0. The van der Waals surface area contributed by atoms with E-state index in [1.807, 2.05) is 26.8 Å². The van der Waals surface area contributed by atoms with Gasteiger partial charge >= 0.3 is 0 Å². The van der Waals surface area contributed by atoms with E-state index in [1.54, 1.807) is 12.1 Å². The molecule has 0 aliphatic carbocycles. The molecule has 0 radical (unpaired) electrons. The third-order valence-corrected chi connectivity index (χ3v) is 12.2. The zero-order chi connectivity index (χ0) is 22.0. The van der Waals surface area contributed by atoms with Crippen LogP contribution >= 0.6 is 0 Å². The van der Waals surface area contributed by atoms with E-state index in [2.05, 4.69) is 38.6 Å². The van der Waals surface area contributed by atoms with Gasteiger partial charge in [-0.15, -0.1) is 0 Å². The van der Waals surface area contributed by atoms with Crippen LogP contribution in [0.2, 0.25) is 18.1 Å². The number of rotatable bonds is 7. The molecule has 0 amide bonds. The first-order valence-corrected chi connectivity index (χ1v) is 14.5. The van der Waals surface area contributed by atoms with Crippen molar-refractivity contribution in [3.8, 4) is 0 Å². The van der Waals surface area contributed by atoms with Gasteiger partial charge in [0.05, 0.1) is 35.1 Å². The molecule has 1 N–H and O–H groups in total. The van der Waals surface area contributed by atoms with Gasteiger partial charge in [0.25, 0.3) is 0 Å². The quantitative estimate of drug-likeness (QED) is 0.614. The van der Waals surface area contributed by atoms with Crippen molar-refractivity contribution < 1.29 is 17.8 Å². The highest BCUT2D eigenvalue weighted by Crippen LogP contribution is 2.39. The second-order valence-corrected chi connectivity index (χ2v) is 17.3. The standard InChI is InChI=1S/C22H38FNO3SSi/c1-21(2,3)28(25)24-19(13-16-11-9-10-12-18(16)23)17-14-26-15-20(17)27-29(7,8)22(4,5)6/h9-12,17,19-20,24H,13-15H2,1-8H3/t17-,19+,20-,28?/m1/s1. The van der Waals surface area contributed by atoms with Crippen molar-refractivity contribution in [1.29, 1.82) is 0 Å². The van der Waals surface area contributed by atoms with Crippen molar-refractivity contribution in [2.24, 2.45) is 5.92 Å². The molecule has 4 atom stereocenters. The first-order chi connectivity index (χ1) is 13.2. The van der Waals surface area contributed by atoms with E-state index in [4.69, 9.17) is 9.16 Å². The van der Waals surface area contributed by atoms with Crippen LogP contribution in [0.25, 0.3) is 0 Å². The number of nitrogens with one attached hydrogen (secondary N) is 1. The lowest BCUT2D eigenvalue weighted by Gasteiger charge is -2.40. The lowest BCUT2D eigenvalue weighted by molar-refractivity contribution is 0.120. The largest absolute Gasteiger partial charge is 0.411 e. The summed E-state index contributed by atoms with van der Waals surface area (Å²) in [5, 5.41) is 0.0861. The molecule has 1 unspecified atom stereocenters. The van der Waals surface area contributed by atoms with E-state index in [-0.39, 0.29) is 28.9 Å². The lowest BCUT2D eigenvalue weighted by atomic mass is 9.92. The first-order valence-electron chi connectivity index (χ1n) is 10.4. The minimum absolute atomic E-state index is 0.00929. The third kappa shape index (κ3) is 6.44. The molecule has 4 nitrogen and oxygen atoms in total. The molecule has 7 heteroatoms. The Kier molecular flexibility index (Phi) is 7.88. The molecule has 1 aliphatic rings.